The molecule has 0 aliphatic rings. The number of imidazole rings is 1. The highest BCUT2D eigenvalue weighted by atomic mass is 31.2. The zero-order valence-electron chi connectivity index (χ0n) is 10.1. The van der Waals surface area contributed by atoms with Gasteiger partial charge in [-0.25, -0.2) is 24.0 Å². The average Bonchev–Trinajstić information content (AvgIpc) is 2.81. The molecule has 0 fully saturated rings. The lowest BCUT2D eigenvalue weighted by molar-refractivity contribution is -0.122. The Morgan fingerprint density at radius 1 is 1.42 bits per heavy atom. The monoisotopic (exact) mass is 289 g/mol. The highest BCUT2D eigenvalue weighted by molar-refractivity contribution is 7.47. The van der Waals surface area contributed by atoms with Gasteiger partial charge in [-0.05, 0) is 0 Å². The van der Waals surface area contributed by atoms with Crippen LogP contribution in [0.4, 0.5) is 5.82 Å². The lowest BCUT2D eigenvalue weighted by atomic mass is 10.5. The van der Waals surface area contributed by atoms with E-state index in [-0.39, 0.29) is 5.82 Å². The molecule has 0 aliphatic heterocycles. The number of hydrogen-bond donors (Lipinski definition) is 2. The molecule has 3 N–H and O–H groups in total. The zero-order valence-corrected chi connectivity index (χ0v) is 11.0. The molecule has 2 heterocycles. The summed E-state index contributed by atoms with van der Waals surface area (Å²) in [6.45, 7) is 0. The Labute approximate surface area is 107 Å². The number of fused-ring (bicyclic) bond motifs is 1. The van der Waals surface area contributed by atoms with E-state index in [0.717, 1.165) is 7.11 Å². The summed E-state index contributed by atoms with van der Waals surface area (Å²) < 4.78 is 26.8. The number of rotatable bonds is 5. The third-order valence-corrected chi connectivity index (χ3v) is 3.18. The molecule has 0 amide bonds. The van der Waals surface area contributed by atoms with E-state index in [0.29, 0.717) is 11.2 Å². The van der Waals surface area contributed by atoms with E-state index in [1.807, 2.05) is 0 Å². The average molecular weight is 289 g/mol. The highest BCUT2D eigenvalue weighted by Gasteiger charge is 2.27. The van der Waals surface area contributed by atoms with Crippen LogP contribution in [0.3, 0.4) is 0 Å². The van der Waals surface area contributed by atoms with Crippen molar-refractivity contribution in [3.05, 3.63) is 12.7 Å². The molecule has 0 radical (unpaired) electrons. The fourth-order valence-corrected chi connectivity index (χ4v) is 1.89. The quantitative estimate of drug-likeness (QED) is 0.587. The fourth-order valence-electron chi connectivity index (χ4n) is 1.39. The van der Waals surface area contributed by atoms with Crippen LogP contribution in [0.1, 0.15) is 6.41 Å². The van der Waals surface area contributed by atoms with Crippen LogP contribution in [0.2, 0.25) is 0 Å². The minimum absolute atomic E-state index is 0.178. The van der Waals surface area contributed by atoms with Gasteiger partial charge in [-0.1, -0.05) is 0 Å². The number of anilines is 1. The maximum atomic E-state index is 11.4. The van der Waals surface area contributed by atoms with E-state index in [2.05, 4.69) is 19.5 Å². The first-order valence-corrected chi connectivity index (χ1v) is 6.51. The van der Waals surface area contributed by atoms with E-state index in [4.69, 9.17) is 15.0 Å². The summed E-state index contributed by atoms with van der Waals surface area (Å²) in [5, 5.41) is 0. The molecule has 2 atom stereocenters. The van der Waals surface area contributed by atoms with Crippen molar-refractivity contribution in [2.45, 2.75) is 6.41 Å². The van der Waals surface area contributed by atoms with Gasteiger partial charge in [0.05, 0.1) is 0 Å². The molecule has 10 nitrogen and oxygen atoms in total. The first kappa shape index (κ1) is 13.8. The molecule has 0 aliphatic carbocycles. The summed E-state index contributed by atoms with van der Waals surface area (Å²) in [4.78, 5) is 21.0. The predicted octanol–water partition coefficient (Wildman–Crippen LogP) is 0.274. The van der Waals surface area contributed by atoms with Crippen LogP contribution in [0.15, 0.2) is 12.7 Å². The minimum Gasteiger partial charge on any atom is -0.382 e. The summed E-state index contributed by atoms with van der Waals surface area (Å²) in [5.41, 5.74) is 6.26. The summed E-state index contributed by atoms with van der Waals surface area (Å²) in [5.74, 6) is 0.178. The molecule has 2 rings (SSSR count). The van der Waals surface area contributed by atoms with Gasteiger partial charge in [0, 0.05) is 14.2 Å². The van der Waals surface area contributed by atoms with Gasteiger partial charge in [0.2, 0.25) is 0 Å². The summed E-state index contributed by atoms with van der Waals surface area (Å²) in [6.07, 6.45) is 1.30. The van der Waals surface area contributed by atoms with Crippen molar-refractivity contribution in [3.8, 4) is 0 Å². The van der Waals surface area contributed by atoms with Crippen LogP contribution < -0.4 is 5.73 Å². The van der Waals surface area contributed by atoms with Gasteiger partial charge in [0.15, 0.2) is 11.5 Å². The third kappa shape index (κ3) is 2.72. The SMILES string of the molecule is COC(OP(=O)(O)OC)n1cnc2c(N)ncnc21. The molecule has 104 valence electrons. The van der Waals surface area contributed by atoms with Crippen LogP contribution in [0, 0.1) is 0 Å². The number of aromatic nitrogens is 4. The van der Waals surface area contributed by atoms with Crippen LogP contribution in [-0.2, 0) is 18.3 Å². The van der Waals surface area contributed by atoms with Crippen molar-refractivity contribution < 1.29 is 23.2 Å². The van der Waals surface area contributed by atoms with Crippen molar-refractivity contribution in [1.29, 1.82) is 0 Å². The Morgan fingerprint density at radius 2 is 2.16 bits per heavy atom. The van der Waals surface area contributed by atoms with E-state index in [9.17, 15) is 9.46 Å². The molecular weight excluding hydrogens is 277 g/mol. The van der Waals surface area contributed by atoms with Crippen molar-refractivity contribution in [2.75, 3.05) is 20.0 Å². The molecule has 19 heavy (non-hydrogen) atoms. The number of nitrogens with zero attached hydrogens (tertiary/aromatic N) is 4. The number of phosphoric ester groups is 1. The minimum atomic E-state index is -4.23. The molecule has 2 aromatic rings. The smallest absolute Gasteiger partial charge is 0.382 e. The van der Waals surface area contributed by atoms with Gasteiger partial charge in [0.25, 0.3) is 6.41 Å². The Kier molecular flexibility index (Phi) is 3.78. The lowest BCUT2D eigenvalue weighted by Gasteiger charge is -2.19. The fraction of sp³-hybridized carbons (Fsp3) is 0.375. The van der Waals surface area contributed by atoms with Gasteiger partial charge in [0.1, 0.15) is 18.2 Å². The van der Waals surface area contributed by atoms with Gasteiger partial charge in [-0.3, -0.25) is 9.09 Å². The largest absolute Gasteiger partial charge is 0.475 e. The van der Waals surface area contributed by atoms with Gasteiger partial charge >= 0.3 is 7.82 Å². The van der Waals surface area contributed by atoms with E-state index >= 15 is 0 Å². The topological polar surface area (TPSA) is 135 Å². The number of ether oxygens (including phenoxy) is 1. The van der Waals surface area contributed by atoms with E-state index < -0.39 is 14.2 Å². The van der Waals surface area contributed by atoms with Crippen molar-refractivity contribution in [2.24, 2.45) is 0 Å². The van der Waals surface area contributed by atoms with Gasteiger partial charge in [-0.15, -0.1) is 0 Å². The maximum Gasteiger partial charge on any atom is 0.475 e. The maximum absolute atomic E-state index is 11.4. The molecule has 0 saturated heterocycles. The number of nitrogens with two attached hydrogens (primary N) is 1. The van der Waals surface area contributed by atoms with Crippen molar-refractivity contribution in [3.63, 3.8) is 0 Å². The molecule has 0 aromatic carbocycles. The lowest BCUT2D eigenvalue weighted by Crippen LogP contribution is -2.14. The van der Waals surface area contributed by atoms with E-state index in [1.54, 1.807) is 0 Å². The van der Waals surface area contributed by atoms with Crippen LogP contribution >= 0.6 is 7.82 Å². The first-order valence-electron chi connectivity index (χ1n) is 5.01. The molecule has 0 saturated carbocycles. The summed E-state index contributed by atoms with van der Waals surface area (Å²) in [7, 11) is -1.90. The highest BCUT2D eigenvalue weighted by Crippen LogP contribution is 2.46. The van der Waals surface area contributed by atoms with Crippen LogP contribution in [0.5, 0.6) is 0 Å². The van der Waals surface area contributed by atoms with Crippen LogP contribution in [0.25, 0.3) is 11.2 Å². The Morgan fingerprint density at radius 3 is 2.79 bits per heavy atom. The second kappa shape index (κ2) is 5.19. The zero-order chi connectivity index (χ0) is 14.0. The van der Waals surface area contributed by atoms with Crippen molar-refractivity contribution >= 4 is 24.8 Å². The van der Waals surface area contributed by atoms with Gasteiger partial charge < -0.3 is 15.4 Å². The second-order valence-corrected chi connectivity index (χ2v) is 4.90. The number of phosphoric acid groups is 1. The molecule has 11 heteroatoms. The standard InChI is InChI=1S/C8H12N5O5P/c1-16-8(18-19(14,15)17-2)13-4-12-5-6(9)10-3-11-7(5)13/h3-4,8H,1-2H3,(H,14,15)(H2,9,10,11). The van der Waals surface area contributed by atoms with Gasteiger partial charge in [-0.2, -0.15) is 0 Å². The summed E-state index contributed by atoms with van der Waals surface area (Å²) >= 11 is 0. The predicted molar refractivity (Wildman–Crippen MR) is 63.7 cm³/mol. The second-order valence-electron chi connectivity index (χ2n) is 3.38. The molecular formula is C8H12N5O5P. The van der Waals surface area contributed by atoms with Crippen molar-refractivity contribution in [1.82, 2.24) is 19.5 Å². The first-order chi connectivity index (χ1) is 8.98. The van der Waals surface area contributed by atoms with Crippen LogP contribution in [-0.4, -0.2) is 38.6 Å². The Hall–Kier alpha value is -1.58. The number of hydrogen-bond acceptors (Lipinski definition) is 8. The Bertz CT molecular complexity index is 631. The molecule has 2 unspecified atom stereocenters. The molecule has 0 bridgehead atoms. The molecule has 2 aromatic heterocycles. The number of methoxy groups -OCH3 is 1. The van der Waals surface area contributed by atoms with E-state index in [1.165, 1.54) is 24.3 Å². The third-order valence-electron chi connectivity index (χ3n) is 2.27. The number of nitrogen functional groups attached to an aromatic ring is 1. The molecule has 0 spiro atoms. The summed E-state index contributed by atoms with van der Waals surface area (Å²) in [6, 6.07) is 0. The normalized spacial score (nSPS) is 16.4. The Balaban J connectivity index is 2.42.